The summed E-state index contributed by atoms with van der Waals surface area (Å²) >= 11 is 6.79. The third-order valence-electron chi connectivity index (χ3n) is 3.22. The molecule has 2 rings (SSSR count). The van der Waals surface area contributed by atoms with E-state index in [1.54, 1.807) is 19.2 Å². The number of halogens is 2. The van der Waals surface area contributed by atoms with Crippen LogP contribution in [0.5, 0.6) is 0 Å². The van der Waals surface area contributed by atoms with Crippen LogP contribution in [-0.4, -0.2) is 30.3 Å². The molecule has 0 atom stereocenters. The van der Waals surface area contributed by atoms with E-state index in [4.69, 9.17) is 0 Å². The first-order chi connectivity index (χ1) is 11.5. The highest BCUT2D eigenvalue weighted by molar-refractivity contribution is 9.11. The Labute approximate surface area is 157 Å². The number of anilines is 1. The molecule has 0 fully saturated rings. The van der Waals surface area contributed by atoms with Gasteiger partial charge >= 0.3 is 0 Å². The molecule has 0 radical (unpaired) electrons. The second-order valence-electron chi connectivity index (χ2n) is 5.08. The molecule has 0 aliphatic carbocycles. The SMILES string of the molecule is CN(CC(=O)Nc1ccccc1Br)C(=O)/C=C/c1ccccc1Br. The third kappa shape index (κ3) is 5.32. The van der Waals surface area contributed by atoms with Crippen LogP contribution in [-0.2, 0) is 9.59 Å². The summed E-state index contributed by atoms with van der Waals surface area (Å²) in [6, 6.07) is 14.9. The van der Waals surface area contributed by atoms with Crippen molar-refractivity contribution in [3.05, 3.63) is 69.1 Å². The Morgan fingerprint density at radius 1 is 1.04 bits per heavy atom. The van der Waals surface area contributed by atoms with E-state index in [0.29, 0.717) is 5.69 Å². The average Bonchev–Trinajstić information content (AvgIpc) is 2.56. The Balaban J connectivity index is 1.93. The molecule has 0 aliphatic rings. The van der Waals surface area contributed by atoms with E-state index in [9.17, 15) is 9.59 Å². The zero-order valence-corrected chi connectivity index (χ0v) is 16.2. The lowest BCUT2D eigenvalue weighted by Crippen LogP contribution is -2.33. The smallest absolute Gasteiger partial charge is 0.246 e. The van der Waals surface area contributed by atoms with Crippen molar-refractivity contribution in [3.63, 3.8) is 0 Å². The Morgan fingerprint density at radius 3 is 2.33 bits per heavy atom. The quantitative estimate of drug-likeness (QED) is 0.688. The molecule has 0 saturated carbocycles. The van der Waals surface area contributed by atoms with Crippen LogP contribution in [0.15, 0.2) is 63.6 Å². The summed E-state index contributed by atoms with van der Waals surface area (Å²) < 4.78 is 1.70. The zero-order chi connectivity index (χ0) is 17.5. The molecule has 6 heteroatoms. The molecule has 0 aliphatic heterocycles. The monoisotopic (exact) mass is 450 g/mol. The van der Waals surface area contributed by atoms with Crippen LogP contribution < -0.4 is 5.32 Å². The van der Waals surface area contributed by atoms with Gasteiger partial charge in [-0.15, -0.1) is 0 Å². The number of hydrogen-bond acceptors (Lipinski definition) is 2. The lowest BCUT2D eigenvalue weighted by atomic mass is 10.2. The number of nitrogens with zero attached hydrogens (tertiary/aromatic N) is 1. The van der Waals surface area contributed by atoms with Gasteiger partial charge in [-0.3, -0.25) is 9.59 Å². The van der Waals surface area contributed by atoms with Crippen molar-refractivity contribution >= 4 is 55.4 Å². The molecule has 0 aromatic heterocycles. The summed E-state index contributed by atoms with van der Waals surface area (Å²) in [7, 11) is 1.59. The molecule has 24 heavy (non-hydrogen) atoms. The molecule has 2 amide bonds. The molecular formula is C18H16Br2N2O2. The van der Waals surface area contributed by atoms with Crippen LogP contribution in [0.25, 0.3) is 6.08 Å². The second kappa shape index (κ2) is 8.80. The minimum absolute atomic E-state index is 0.0273. The fraction of sp³-hybridized carbons (Fsp3) is 0.111. The third-order valence-corrected chi connectivity index (χ3v) is 4.63. The number of carbonyl (C=O) groups is 2. The number of benzene rings is 2. The summed E-state index contributed by atoms with van der Waals surface area (Å²) in [5.41, 5.74) is 1.57. The molecule has 4 nitrogen and oxygen atoms in total. The van der Waals surface area contributed by atoms with Crippen molar-refractivity contribution in [2.45, 2.75) is 0 Å². The second-order valence-corrected chi connectivity index (χ2v) is 6.79. The highest BCUT2D eigenvalue weighted by atomic mass is 79.9. The van der Waals surface area contributed by atoms with Crippen LogP contribution in [0.4, 0.5) is 5.69 Å². The Kier molecular flexibility index (Phi) is 6.75. The first-order valence-electron chi connectivity index (χ1n) is 7.19. The Hall–Kier alpha value is -1.92. The van der Waals surface area contributed by atoms with Gasteiger partial charge in [0.1, 0.15) is 0 Å². The topological polar surface area (TPSA) is 49.4 Å². The van der Waals surface area contributed by atoms with Crippen molar-refractivity contribution in [2.24, 2.45) is 0 Å². The standard InChI is InChI=1S/C18H16Br2N2O2/c1-22(12-17(23)21-16-9-5-4-8-15(16)20)18(24)11-10-13-6-2-3-7-14(13)19/h2-11H,12H2,1H3,(H,21,23)/b11-10+. The maximum atomic E-state index is 12.1. The van der Waals surface area contributed by atoms with E-state index in [2.05, 4.69) is 37.2 Å². The van der Waals surface area contributed by atoms with Gasteiger partial charge in [0, 0.05) is 22.1 Å². The molecule has 1 N–H and O–H groups in total. The van der Waals surface area contributed by atoms with Gasteiger partial charge < -0.3 is 10.2 Å². The van der Waals surface area contributed by atoms with Gasteiger partial charge in [0.25, 0.3) is 0 Å². The largest absolute Gasteiger partial charge is 0.333 e. The Morgan fingerprint density at radius 2 is 1.67 bits per heavy atom. The number of carbonyl (C=O) groups excluding carboxylic acids is 2. The summed E-state index contributed by atoms with van der Waals surface area (Å²) in [4.78, 5) is 25.5. The predicted molar refractivity (Wildman–Crippen MR) is 104 cm³/mol. The first-order valence-corrected chi connectivity index (χ1v) is 8.78. The van der Waals surface area contributed by atoms with Crippen LogP contribution >= 0.6 is 31.9 Å². The van der Waals surface area contributed by atoms with Gasteiger partial charge in [0.05, 0.1) is 12.2 Å². The zero-order valence-electron chi connectivity index (χ0n) is 13.0. The van der Waals surface area contributed by atoms with Gasteiger partial charge in [-0.2, -0.15) is 0 Å². The molecule has 2 aromatic carbocycles. The summed E-state index contributed by atoms with van der Waals surface area (Å²) in [6.07, 6.45) is 3.17. The number of nitrogens with one attached hydrogen (secondary N) is 1. The molecule has 0 saturated heterocycles. The molecular weight excluding hydrogens is 436 g/mol. The van der Waals surface area contributed by atoms with Gasteiger partial charge in [0.2, 0.25) is 11.8 Å². The number of likely N-dealkylation sites (N-methyl/N-ethyl adjacent to an activating group) is 1. The van der Waals surface area contributed by atoms with E-state index in [1.165, 1.54) is 11.0 Å². The fourth-order valence-corrected chi connectivity index (χ4v) is 2.75. The van der Waals surface area contributed by atoms with Crippen LogP contribution in [0.1, 0.15) is 5.56 Å². The van der Waals surface area contributed by atoms with Crippen LogP contribution in [0, 0.1) is 0 Å². The highest BCUT2D eigenvalue weighted by Crippen LogP contribution is 2.21. The molecule has 0 bridgehead atoms. The number of hydrogen-bond donors (Lipinski definition) is 1. The van der Waals surface area contributed by atoms with Crippen LogP contribution in [0.3, 0.4) is 0 Å². The normalized spacial score (nSPS) is 10.6. The summed E-state index contributed by atoms with van der Waals surface area (Å²) in [6.45, 7) is -0.0273. The molecule has 2 aromatic rings. The molecule has 0 heterocycles. The molecule has 124 valence electrons. The number of amides is 2. The van der Waals surface area contributed by atoms with Crippen molar-refractivity contribution < 1.29 is 9.59 Å². The van der Waals surface area contributed by atoms with Gasteiger partial charge in [-0.1, -0.05) is 46.3 Å². The highest BCUT2D eigenvalue weighted by Gasteiger charge is 2.11. The lowest BCUT2D eigenvalue weighted by molar-refractivity contribution is -0.129. The van der Waals surface area contributed by atoms with Crippen LogP contribution in [0.2, 0.25) is 0 Å². The van der Waals surface area contributed by atoms with E-state index < -0.39 is 0 Å². The fourth-order valence-electron chi connectivity index (χ4n) is 1.94. The average molecular weight is 452 g/mol. The summed E-state index contributed by atoms with van der Waals surface area (Å²) in [5.74, 6) is -0.500. The minimum Gasteiger partial charge on any atom is -0.333 e. The van der Waals surface area contributed by atoms with E-state index in [-0.39, 0.29) is 18.4 Å². The maximum absolute atomic E-state index is 12.1. The maximum Gasteiger partial charge on any atom is 0.246 e. The van der Waals surface area contributed by atoms with Gasteiger partial charge in [0.15, 0.2) is 0 Å². The number of para-hydroxylation sites is 1. The van der Waals surface area contributed by atoms with E-state index >= 15 is 0 Å². The summed E-state index contributed by atoms with van der Waals surface area (Å²) in [5, 5.41) is 2.77. The van der Waals surface area contributed by atoms with Crippen molar-refractivity contribution in [2.75, 3.05) is 18.9 Å². The van der Waals surface area contributed by atoms with E-state index in [1.807, 2.05) is 42.5 Å². The van der Waals surface area contributed by atoms with Gasteiger partial charge in [-0.05, 0) is 45.8 Å². The first kappa shape index (κ1) is 18.4. The predicted octanol–water partition coefficient (Wildman–Crippen LogP) is 4.32. The Bertz CT molecular complexity index is 775. The number of rotatable bonds is 5. The van der Waals surface area contributed by atoms with E-state index in [0.717, 1.165) is 14.5 Å². The van der Waals surface area contributed by atoms with Crippen molar-refractivity contribution in [3.8, 4) is 0 Å². The van der Waals surface area contributed by atoms with Crippen molar-refractivity contribution in [1.29, 1.82) is 0 Å². The minimum atomic E-state index is -0.257. The molecule has 0 unspecified atom stereocenters. The lowest BCUT2D eigenvalue weighted by Gasteiger charge is -2.15. The van der Waals surface area contributed by atoms with Crippen molar-refractivity contribution in [1.82, 2.24) is 4.90 Å². The molecule has 0 spiro atoms. The van der Waals surface area contributed by atoms with Gasteiger partial charge in [-0.25, -0.2) is 0 Å².